The van der Waals surface area contributed by atoms with E-state index >= 15 is 0 Å². The number of ether oxygens (including phenoxy) is 1. The molecule has 0 atom stereocenters. The second-order valence-electron chi connectivity index (χ2n) is 9.39. The zero-order valence-corrected chi connectivity index (χ0v) is 17.1. The first-order chi connectivity index (χ1) is 12.2. The fraction of sp³-hybridized carbons (Fsp3) is 0.440. The van der Waals surface area contributed by atoms with Crippen LogP contribution in [0.3, 0.4) is 0 Å². The van der Waals surface area contributed by atoms with Gasteiger partial charge in [-0.1, -0.05) is 71.0 Å². The average Bonchev–Trinajstić information content (AvgIpc) is 2.92. The Hall–Kier alpha value is -2.02. The van der Waals surface area contributed by atoms with Crippen LogP contribution in [0.4, 0.5) is 0 Å². The molecule has 0 aliphatic heterocycles. The molecule has 138 valence electrons. The van der Waals surface area contributed by atoms with E-state index in [2.05, 4.69) is 77.1 Å². The van der Waals surface area contributed by atoms with Crippen LogP contribution in [-0.2, 0) is 6.42 Å². The Bertz CT molecular complexity index is 818. The Kier molecular flexibility index (Phi) is 5.01. The van der Waals surface area contributed by atoms with Gasteiger partial charge in [-0.3, -0.25) is 0 Å². The molecule has 0 radical (unpaired) electrons. The highest BCUT2D eigenvalue weighted by Gasteiger charge is 2.30. The summed E-state index contributed by atoms with van der Waals surface area (Å²) in [7, 11) is 1.73. The molecule has 0 aromatic heterocycles. The van der Waals surface area contributed by atoms with Crippen LogP contribution in [0.1, 0.15) is 58.6 Å². The Balaban J connectivity index is 2.14. The summed E-state index contributed by atoms with van der Waals surface area (Å²) in [5.41, 5.74) is 7.35. The van der Waals surface area contributed by atoms with Gasteiger partial charge in [0.1, 0.15) is 5.75 Å². The van der Waals surface area contributed by atoms with E-state index in [0.717, 1.165) is 12.2 Å². The molecular weight excluding hydrogens is 316 g/mol. The lowest BCUT2D eigenvalue weighted by Gasteiger charge is -2.26. The minimum atomic E-state index is 0.230. The molecule has 0 amide bonds. The summed E-state index contributed by atoms with van der Waals surface area (Å²) in [4.78, 5) is 0. The van der Waals surface area contributed by atoms with Crippen LogP contribution in [-0.4, -0.2) is 7.11 Å². The van der Waals surface area contributed by atoms with Gasteiger partial charge in [0.2, 0.25) is 0 Å². The maximum Gasteiger partial charge on any atom is 0.119 e. The third-order valence-electron chi connectivity index (χ3n) is 5.34. The van der Waals surface area contributed by atoms with E-state index in [1.165, 1.54) is 40.7 Å². The maximum atomic E-state index is 5.46. The minimum absolute atomic E-state index is 0.230. The number of rotatable bonds is 4. The van der Waals surface area contributed by atoms with Gasteiger partial charge in [0.05, 0.1) is 7.11 Å². The van der Waals surface area contributed by atoms with Gasteiger partial charge in [-0.25, -0.2) is 0 Å². The van der Waals surface area contributed by atoms with Crippen molar-refractivity contribution in [3.05, 3.63) is 59.7 Å². The van der Waals surface area contributed by atoms with Crippen molar-refractivity contribution in [3.63, 3.8) is 0 Å². The third-order valence-corrected chi connectivity index (χ3v) is 5.34. The molecule has 0 N–H and O–H groups in total. The molecule has 0 bridgehead atoms. The number of allylic oxidation sites excluding steroid dienone is 2. The normalized spacial score (nSPS) is 16.5. The molecule has 1 heteroatoms. The fourth-order valence-electron chi connectivity index (χ4n) is 4.04. The molecule has 26 heavy (non-hydrogen) atoms. The van der Waals surface area contributed by atoms with Gasteiger partial charge in [0.25, 0.3) is 0 Å². The molecule has 0 saturated carbocycles. The molecule has 2 aromatic carbocycles. The largest absolute Gasteiger partial charge is 0.497 e. The van der Waals surface area contributed by atoms with Crippen molar-refractivity contribution in [2.45, 2.75) is 53.9 Å². The van der Waals surface area contributed by atoms with Crippen molar-refractivity contribution in [3.8, 4) is 16.9 Å². The van der Waals surface area contributed by atoms with E-state index in [9.17, 15) is 0 Å². The highest BCUT2D eigenvalue weighted by atomic mass is 16.5. The Morgan fingerprint density at radius 2 is 1.77 bits per heavy atom. The van der Waals surface area contributed by atoms with Gasteiger partial charge in [-0.05, 0) is 70.1 Å². The van der Waals surface area contributed by atoms with Crippen molar-refractivity contribution >= 4 is 5.57 Å². The predicted molar refractivity (Wildman–Crippen MR) is 113 cm³/mol. The van der Waals surface area contributed by atoms with E-state index < -0.39 is 0 Å². The van der Waals surface area contributed by atoms with Crippen LogP contribution >= 0.6 is 0 Å². The van der Waals surface area contributed by atoms with Crippen molar-refractivity contribution in [1.82, 2.24) is 0 Å². The van der Waals surface area contributed by atoms with Gasteiger partial charge in [0, 0.05) is 0 Å². The number of benzene rings is 2. The number of hydrogen-bond donors (Lipinski definition) is 0. The van der Waals surface area contributed by atoms with E-state index in [0.29, 0.717) is 0 Å². The van der Waals surface area contributed by atoms with Gasteiger partial charge < -0.3 is 4.74 Å². The molecule has 0 saturated heterocycles. The topological polar surface area (TPSA) is 9.23 Å². The summed E-state index contributed by atoms with van der Waals surface area (Å²) < 4.78 is 5.46. The molecule has 1 nitrogen and oxygen atoms in total. The summed E-state index contributed by atoms with van der Waals surface area (Å²) in [5.74, 6) is 0.909. The van der Waals surface area contributed by atoms with Gasteiger partial charge in [-0.15, -0.1) is 0 Å². The van der Waals surface area contributed by atoms with Crippen molar-refractivity contribution in [2.24, 2.45) is 10.8 Å². The first-order valence-electron chi connectivity index (χ1n) is 9.68. The first kappa shape index (κ1) is 18.8. The molecule has 3 rings (SSSR count). The van der Waals surface area contributed by atoms with Crippen LogP contribution in [0, 0.1) is 10.8 Å². The van der Waals surface area contributed by atoms with E-state index in [4.69, 9.17) is 4.74 Å². The third kappa shape index (κ3) is 4.03. The van der Waals surface area contributed by atoms with Gasteiger partial charge in [0.15, 0.2) is 0 Å². The SMILES string of the molecule is COc1cccc(-c2ccc(CC(C)(C)C)cc2C2=CCCC2(C)C)c1. The van der Waals surface area contributed by atoms with E-state index in [1.54, 1.807) is 7.11 Å². The highest BCUT2D eigenvalue weighted by Crippen LogP contribution is 2.47. The summed E-state index contributed by atoms with van der Waals surface area (Å²) in [6, 6.07) is 15.5. The van der Waals surface area contributed by atoms with Crippen molar-refractivity contribution < 1.29 is 4.74 Å². The lowest BCUT2D eigenvalue weighted by Crippen LogP contribution is -2.12. The summed E-state index contributed by atoms with van der Waals surface area (Å²) >= 11 is 0. The van der Waals surface area contributed by atoms with E-state index in [1.807, 2.05) is 6.07 Å². The van der Waals surface area contributed by atoms with Crippen molar-refractivity contribution in [2.75, 3.05) is 7.11 Å². The zero-order chi connectivity index (χ0) is 18.9. The first-order valence-corrected chi connectivity index (χ1v) is 9.68. The second kappa shape index (κ2) is 6.95. The molecule has 1 aliphatic rings. The van der Waals surface area contributed by atoms with Crippen LogP contribution in [0.5, 0.6) is 5.75 Å². The Morgan fingerprint density at radius 3 is 2.38 bits per heavy atom. The lowest BCUT2D eigenvalue weighted by atomic mass is 9.78. The van der Waals surface area contributed by atoms with Gasteiger partial charge >= 0.3 is 0 Å². The molecule has 2 aromatic rings. The number of hydrogen-bond acceptors (Lipinski definition) is 1. The Morgan fingerprint density at radius 1 is 1.00 bits per heavy atom. The summed E-state index contributed by atoms with van der Waals surface area (Å²) in [6.07, 6.45) is 5.93. The molecule has 0 heterocycles. The molecular formula is C25H32O. The monoisotopic (exact) mass is 348 g/mol. The standard InChI is InChI=1S/C25H32O/c1-24(2,3)17-18-12-13-21(19-9-7-10-20(16-19)26-6)22(15-18)23-11-8-14-25(23,4)5/h7,9-13,15-16H,8,14,17H2,1-6H3. The van der Waals surface area contributed by atoms with Crippen LogP contribution in [0.15, 0.2) is 48.5 Å². The highest BCUT2D eigenvalue weighted by molar-refractivity contribution is 5.85. The van der Waals surface area contributed by atoms with E-state index in [-0.39, 0.29) is 10.8 Å². The molecule has 0 spiro atoms. The van der Waals surface area contributed by atoms with Crippen molar-refractivity contribution in [1.29, 1.82) is 0 Å². The average molecular weight is 349 g/mol. The maximum absolute atomic E-state index is 5.46. The van der Waals surface area contributed by atoms with Crippen LogP contribution < -0.4 is 4.74 Å². The minimum Gasteiger partial charge on any atom is -0.497 e. The van der Waals surface area contributed by atoms with Gasteiger partial charge in [-0.2, -0.15) is 0 Å². The zero-order valence-electron chi connectivity index (χ0n) is 17.1. The molecule has 1 aliphatic carbocycles. The quantitative estimate of drug-likeness (QED) is 0.570. The van der Waals surface area contributed by atoms with Crippen LogP contribution in [0.2, 0.25) is 0 Å². The number of methoxy groups -OCH3 is 1. The van der Waals surface area contributed by atoms with Crippen LogP contribution in [0.25, 0.3) is 16.7 Å². The lowest BCUT2D eigenvalue weighted by molar-refractivity contribution is 0.411. The molecule has 0 fully saturated rings. The Labute approximate surface area is 159 Å². The summed E-state index contributed by atoms with van der Waals surface area (Å²) in [6.45, 7) is 11.7. The predicted octanol–water partition coefficient (Wildman–Crippen LogP) is 7.15. The second-order valence-corrected chi connectivity index (χ2v) is 9.39. The molecule has 0 unspecified atom stereocenters. The fourth-order valence-corrected chi connectivity index (χ4v) is 4.04. The smallest absolute Gasteiger partial charge is 0.119 e. The summed E-state index contributed by atoms with van der Waals surface area (Å²) in [5, 5.41) is 0.